The second-order valence-electron chi connectivity index (χ2n) is 6.94. The Hall–Kier alpha value is -2.52. The van der Waals surface area contributed by atoms with Crippen LogP contribution in [0.15, 0.2) is 12.2 Å². The summed E-state index contributed by atoms with van der Waals surface area (Å²) in [4.78, 5) is 45.7. The van der Waals surface area contributed by atoms with E-state index >= 15 is 0 Å². The lowest BCUT2D eigenvalue weighted by Gasteiger charge is -2.20. The lowest BCUT2D eigenvalue weighted by Crippen LogP contribution is -2.29. The minimum absolute atomic E-state index is 0.144. The van der Waals surface area contributed by atoms with Crippen molar-refractivity contribution < 1.29 is 46.9 Å². The zero-order chi connectivity index (χ0) is 22.7. The zero-order valence-corrected chi connectivity index (χ0v) is 17.2. The molecular formula is C19H28F2O8. The van der Waals surface area contributed by atoms with Crippen molar-refractivity contribution >= 4 is 23.9 Å². The van der Waals surface area contributed by atoms with Crippen molar-refractivity contribution in [3.05, 3.63) is 12.2 Å². The number of halogens is 2. The minimum Gasteiger partial charge on any atom is -0.462 e. The molecule has 8 nitrogen and oxygen atoms in total. The standard InChI is InChI=1S/C19H28F2O8/c1-6-18(4,5)17(25)29-10-8-27-15(23)12-19(20,21)11-14(22)26-7-9-28-16(24)13(2)3/h2,6-12H2,1,3-5H3. The van der Waals surface area contributed by atoms with Gasteiger partial charge < -0.3 is 18.9 Å². The van der Waals surface area contributed by atoms with E-state index in [9.17, 15) is 28.0 Å². The number of ether oxygens (including phenoxy) is 4. The summed E-state index contributed by atoms with van der Waals surface area (Å²) in [5, 5.41) is 0. The molecule has 0 heterocycles. The van der Waals surface area contributed by atoms with E-state index in [1.165, 1.54) is 6.92 Å². The summed E-state index contributed by atoms with van der Waals surface area (Å²) in [5.74, 6) is -7.37. The van der Waals surface area contributed by atoms with Gasteiger partial charge in [-0.05, 0) is 27.2 Å². The first-order valence-electron chi connectivity index (χ1n) is 8.99. The van der Waals surface area contributed by atoms with Gasteiger partial charge in [0, 0.05) is 5.57 Å². The van der Waals surface area contributed by atoms with Gasteiger partial charge in [-0.3, -0.25) is 14.4 Å². The van der Waals surface area contributed by atoms with Crippen molar-refractivity contribution in [1.29, 1.82) is 0 Å². The molecule has 0 saturated carbocycles. The third kappa shape index (κ3) is 11.8. The van der Waals surface area contributed by atoms with Crippen molar-refractivity contribution in [3.8, 4) is 0 Å². The molecule has 166 valence electrons. The smallest absolute Gasteiger partial charge is 0.333 e. The molecule has 0 N–H and O–H groups in total. The van der Waals surface area contributed by atoms with Crippen molar-refractivity contribution in [2.45, 2.75) is 52.9 Å². The van der Waals surface area contributed by atoms with E-state index in [1.54, 1.807) is 13.8 Å². The van der Waals surface area contributed by atoms with Gasteiger partial charge in [-0.15, -0.1) is 0 Å². The van der Waals surface area contributed by atoms with Crippen molar-refractivity contribution in [3.63, 3.8) is 0 Å². The van der Waals surface area contributed by atoms with Gasteiger partial charge in [-0.2, -0.15) is 0 Å². The SMILES string of the molecule is C=C(C)C(=O)OCCOC(=O)CC(F)(F)CC(=O)OCCOC(=O)C(C)(C)CC. The van der Waals surface area contributed by atoms with Crippen LogP contribution in [0.1, 0.15) is 47.0 Å². The second-order valence-corrected chi connectivity index (χ2v) is 6.94. The first-order valence-corrected chi connectivity index (χ1v) is 8.99. The highest BCUT2D eigenvalue weighted by atomic mass is 19.3. The molecule has 0 aliphatic carbocycles. The Balaban J connectivity index is 4.12. The summed E-state index contributed by atoms with van der Waals surface area (Å²) in [6.45, 7) is 8.60. The molecular weight excluding hydrogens is 394 g/mol. The molecule has 0 atom stereocenters. The highest BCUT2D eigenvalue weighted by molar-refractivity contribution is 5.86. The van der Waals surface area contributed by atoms with Gasteiger partial charge in [0.1, 0.15) is 39.3 Å². The van der Waals surface area contributed by atoms with Crippen molar-refractivity contribution in [2.75, 3.05) is 26.4 Å². The predicted molar refractivity (Wildman–Crippen MR) is 96.9 cm³/mol. The first kappa shape index (κ1) is 26.5. The van der Waals surface area contributed by atoms with Gasteiger partial charge in [-0.1, -0.05) is 13.5 Å². The summed E-state index contributed by atoms with van der Waals surface area (Å²) in [6, 6.07) is 0. The number of rotatable bonds is 13. The van der Waals surface area contributed by atoms with Crippen LogP contribution >= 0.6 is 0 Å². The summed E-state index contributed by atoms with van der Waals surface area (Å²) in [6.07, 6.45) is -2.12. The number of esters is 4. The monoisotopic (exact) mass is 422 g/mol. The Morgan fingerprint density at radius 3 is 1.66 bits per heavy atom. The molecule has 0 radical (unpaired) electrons. The fraction of sp³-hybridized carbons (Fsp3) is 0.684. The third-order valence-electron chi connectivity index (χ3n) is 3.75. The molecule has 0 aromatic rings. The average Bonchev–Trinajstić information content (AvgIpc) is 2.60. The molecule has 0 aromatic heterocycles. The zero-order valence-electron chi connectivity index (χ0n) is 17.2. The molecule has 0 saturated heterocycles. The largest absolute Gasteiger partial charge is 0.462 e. The Bertz CT molecular complexity index is 613. The van der Waals surface area contributed by atoms with Crippen LogP contribution in [0.2, 0.25) is 0 Å². The van der Waals surface area contributed by atoms with Crippen LogP contribution in [0.3, 0.4) is 0 Å². The Morgan fingerprint density at radius 1 is 0.828 bits per heavy atom. The highest BCUT2D eigenvalue weighted by Gasteiger charge is 2.36. The normalized spacial score (nSPS) is 11.4. The number of alkyl halides is 2. The quantitative estimate of drug-likeness (QED) is 0.193. The molecule has 0 aliphatic heterocycles. The molecule has 0 spiro atoms. The van der Waals surface area contributed by atoms with E-state index in [1.807, 2.05) is 6.92 Å². The van der Waals surface area contributed by atoms with Crippen molar-refractivity contribution in [2.24, 2.45) is 5.41 Å². The minimum atomic E-state index is -3.68. The van der Waals surface area contributed by atoms with Gasteiger partial charge >= 0.3 is 23.9 Å². The van der Waals surface area contributed by atoms with E-state index in [4.69, 9.17) is 4.74 Å². The van der Waals surface area contributed by atoms with Crippen LogP contribution in [0.5, 0.6) is 0 Å². The van der Waals surface area contributed by atoms with E-state index < -0.39 is 54.7 Å². The average molecular weight is 422 g/mol. The van der Waals surface area contributed by atoms with E-state index in [0.29, 0.717) is 6.42 Å². The van der Waals surface area contributed by atoms with Crippen LogP contribution < -0.4 is 0 Å². The molecule has 10 heteroatoms. The molecule has 0 aromatic carbocycles. The van der Waals surface area contributed by atoms with Gasteiger partial charge in [0.25, 0.3) is 5.92 Å². The van der Waals surface area contributed by atoms with Gasteiger partial charge in [0.05, 0.1) is 5.41 Å². The molecule has 0 aliphatic rings. The number of hydrogen-bond acceptors (Lipinski definition) is 8. The second kappa shape index (κ2) is 12.1. The number of hydrogen-bond donors (Lipinski definition) is 0. The molecule has 0 unspecified atom stereocenters. The summed E-state index contributed by atoms with van der Waals surface area (Å²) < 4.78 is 46.1. The van der Waals surface area contributed by atoms with E-state index in [-0.39, 0.29) is 25.4 Å². The van der Waals surface area contributed by atoms with E-state index in [2.05, 4.69) is 20.8 Å². The molecule has 0 fully saturated rings. The molecule has 0 bridgehead atoms. The maximum Gasteiger partial charge on any atom is 0.333 e. The fourth-order valence-electron chi connectivity index (χ4n) is 1.63. The number of carbonyl (C=O) groups excluding carboxylic acids is 4. The number of carbonyl (C=O) groups is 4. The first-order chi connectivity index (χ1) is 13.3. The Labute approximate surface area is 168 Å². The fourth-order valence-corrected chi connectivity index (χ4v) is 1.63. The lowest BCUT2D eigenvalue weighted by atomic mass is 9.91. The van der Waals surface area contributed by atoms with Gasteiger partial charge in [0.15, 0.2) is 0 Å². The lowest BCUT2D eigenvalue weighted by molar-refractivity contribution is -0.165. The maximum absolute atomic E-state index is 13.7. The van der Waals surface area contributed by atoms with Gasteiger partial charge in [0.2, 0.25) is 0 Å². The summed E-state index contributed by atoms with van der Waals surface area (Å²) in [5.41, 5.74) is -0.550. The Kier molecular flexibility index (Phi) is 11.1. The van der Waals surface area contributed by atoms with E-state index in [0.717, 1.165) is 0 Å². The van der Waals surface area contributed by atoms with Crippen LogP contribution in [0.4, 0.5) is 8.78 Å². The highest BCUT2D eigenvalue weighted by Crippen LogP contribution is 2.24. The maximum atomic E-state index is 13.7. The summed E-state index contributed by atoms with van der Waals surface area (Å²) >= 11 is 0. The van der Waals surface area contributed by atoms with Gasteiger partial charge in [-0.25, -0.2) is 13.6 Å². The van der Waals surface area contributed by atoms with Crippen LogP contribution in [0, 0.1) is 5.41 Å². The third-order valence-corrected chi connectivity index (χ3v) is 3.75. The van der Waals surface area contributed by atoms with Crippen LogP contribution in [-0.4, -0.2) is 56.2 Å². The topological polar surface area (TPSA) is 105 Å². The molecule has 0 rings (SSSR count). The Morgan fingerprint density at radius 2 is 1.24 bits per heavy atom. The predicted octanol–water partition coefficient (Wildman–Crippen LogP) is 2.59. The van der Waals surface area contributed by atoms with Crippen molar-refractivity contribution in [1.82, 2.24) is 0 Å². The van der Waals surface area contributed by atoms with Crippen LogP contribution in [0.25, 0.3) is 0 Å². The molecule has 0 amide bonds. The van der Waals surface area contributed by atoms with Crippen LogP contribution in [-0.2, 0) is 38.1 Å². The molecule has 29 heavy (non-hydrogen) atoms. The summed E-state index contributed by atoms with van der Waals surface area (Å²) in [7, 11) is 0.